The Balaban J connectivity index is 1.78. The smallest absolute Gasteiger partial charge is 0.191 e. The number of phenols is 1. The Morgan fingerprint density at radius 2 is 2.04 bits per heavy atom. The molecule has 7 nitrogen and oxygen atoms in total. The lowest BCUT2D eigenvalue weighted by molar-refractivity contribution is -0.00833. The fourth-order valence-corrected chi connectivity index (χ4v) is 3.00. The van der Waals surface area contributed by atoms with Crippen molar-refractivity contribution < 1.29 is 14.6 Å². The number of aromatic hydroxyl groups is 1. The number of hydrogen-bond donors (Lipinski definition) is 3. The summed E-state index contributed by atoms with van der Waals surface area (Å²) in [6.07, 6.45) is 0.698. The monoisotopic (exact) mass is 364 g/mol. The molecule has 0 saturated carbocycles. The van der Waals surface area contributed by atoms with Crippen molar-refractivity contribution in [1.29, 1.82) is 0 Å². The molecule has 1 aliphatic heterocycles. The zero-order chi connectivity index (χ0) is 19.0. The average molecular weight is 364 g/mol. The van der Waals surface area contributed by atoms with E-state index in [1.165, 1.54) is 0 Å². The van der Waals surface area contributed by atoms with E-state index in [1.54, 1.807) is 20.2 Å². The normalized spacial score (nSPS) is 16.4. The van der Waals surface area contributed by atoms with E-state index in [4.69, 9.17) is 9.47 Å². The maximum Gasteiger partial charge on any atom is 0.191 e. The Hall–Kier alpha value is -1.99. The third-order valence-electron chi connectivity index (χ3n) is 4.76. The van der Waals surface area contributed by atoms with Gasteiger partial charge in [-0.3, -0.25) is 9.89 Å². The van der Waals surface area contributed by atoms with Gasteiger partial charge in [0.05, 0.1) is 20.3 Å². The summed E-state index contributed by atoms with van der Waals surface area (Å²) < 4.78 is 10.5. The van der Waals surface area contributed by atoms with Crippen molar-refractivity contribution in [3.63, 3.8) is 0 Å². The molecule has 0 unspecified atom stereocenters. The number of methoxy groups -OCH3 is 1. The van der Waals surface area contributed by atoms with Gasteiger partial charge >= 0.3 is 0 Å². The highest BCUT2D eigenvalue weighted by Gasteiger charge is 2.28. The van der Waals surface area contributed by atoms with E-state index in [9.17, 15) is 5.11 Å². The number of rotatable bonds is 7. The van der Waals surface area contributed by atoms with Gasteiger partial charge in [-0.25, -0.2) is 0 Å². The molecule has 0 amide bonds. The molecule has 0 aliphatic carbocycles. The van der Waals surface area contributed by atoms with Gasteiger partial charge in [0.2, 0.25) is 0 Å². The predicted octanol–water partition coefficient (Wildman–Crippen LogP) is 1.22. The van der Waals surface area contributed by atoms with Gasteiger partial charge in [-0.2, -0.15) is 0 Å². The summed E-state index contributed by atoms with van der Waals surface area (Å²) in [5.41, 5.74) is 0.901. The fourth-order valence-electron chi connectivity index (χ4n) is 3.00. The first-order valence-corrected chi connectivity index (χ1v) is 9.09. The number of hydrogen-bond acceptors (Lipinski definition) is 5. The molecule has 26 heavy (non-hydrogen) atoms. The molecule has 0 radical (unpaired) electrons. The van der Waals surface area contributed by atoms with Crippen molar-refractivity contribution in [2.24, 2.45) is 4.99 Å². The molecule has 1 aliphatic rings. The standard InChI is InChI=1S/C19H32N4O3/c1-19(2,23-9-11-26-12-10-23)14-22-18(20-3)21-8-7-15-5-6-16(25-4)13-17(15)24/h5-6,13,24H,7-12,14H2,1-4H3,(H2,20,21,22). The summed E-state index contributed by atoms with van der Waals surface area (Å²) in [5, 5.41) is 16.7. The third kappa shape index (κ3) is 5.78. The number of benzene rings is 1. The highest BCUT2D eigenvalue weighted by atomic mass is 16.5. The lowest BCUT2D eigenvalue weighted by atomic mass is 10.0. The third-order valence-corrected chi connectivity index (χ3v) is 4.76. The first kappa shape index (κ1) is 20.3. The van der Waals surface area contributed by atoms with E-state index in [-0.39, 0.29) is 11.3 Å². The Bertz CT molecular complexity index is 598. The van der Waals surface area contributed by atoms with Crippen LogP contribution in [0.4, 0.5) is 0 Å². The maximum atomic E-state index is 10.0. The first-order valence-electron chi connectivity index (χ1n) is 9.09. The highest BCUT2D eigenvalue weighted by Crippen LogP contribution is 2.23. The summed E-state index contributed by atoms with van der Waals surface area (Å²) in [6.45, 7) is 9.43. The molecule has 2 rings (SSSR count). The summed E-state index contributed by atoms with van der Waals surface area (Å²) >= 11 is 0. The summed E-state index contributed by atoms with van der Waals surface area (Å²) in [6, 6.07) is 5.37. The van der Waals surface area contributed by atoms with Crippen LogP contribution in [0.25, 0.3) is 0 Å². The second-order valence-corrected chi connectivity index (χ2v) is 7.01. The van der Waals surface area contributed by atoms with Crippen LogP contribution in [0, 0.1) is 0 Å². The molecule has 0 atom stereocenters. The molecule has 0 aromatic heterocycles. The van der Waals surface area contributed by atoms with Crippen molar-refractivity contribution in [2.45, 2.75) is 25.8 Å². The molecule has 146 valence electrons. The lowest BCUT2D eigenvalue weighted by Crippen LogP contribution is -2.56. The van der Waals surface area contributed by atoms with Crippen LogP contribution < -0.4 is 15.4 Å². The fraction of sp³-hybridized carbons (Fsp3) is 0.632. The zero-order valence-electron chi connectivity index (χ0n) is 16.3. The molecular weight excluding hydrogens is 332 g/mol. The van der Waals surface area contributed by atoms with Crippen molar-refractivity contribution in [3.8, 4) is 11.5 Å². The molecular formula is C19H32N4O3. The van der Waals surface area contributed by atoms with Crippen LogP contribution in [0.15, 0.2) is 23.2 Å². The minimum Gasteiger partial charge on any atom is -0.508 e. The molecule has 1 aromatic rings. The minimum atomic E-state index is 0.0235. The molecule has 1 aromatic carbocycles. The second kappa shape index (κ2) is 9.64. The zero-order valence-corrected chi connectivity index (χ0v) is 16.3. The van der Waals surface area contributed by atoms with E-state index in [2.05, 4.69) is 34.4 Å². The number of phenolic OH excluding ortho intramolecular Hbond substituents is 1. The molecule has 0 bridgehead atoms. The van der Waals surface area contributed by atoms with Gasteiger partial charge in [0.1, 0.15) is 11.5 Å². The van der Waals surface area contributed by atoms with Crippen molar-refractivity contribution in [3.05, 3.63) is 23.8 Å². The number of nitrogens with zero attached hydrogens (tertiary/aromatic N) is 2. The van der Waals surface area contributed by atoms with Crippen molar-refractivity contribution in [2.75, 3.05) is 53.6 Å². The van der Waals surface area contributed by atoms with E-state index in [1.807, 2.05) is 12.1 Å². The van der Waals surface area contributed by atoms with E-state index < -0.39 is 0 Å². The Labute approximate surface area is 156 Å². The number of nitrogens with one attached hydrogen (secondary N) is 2. The van der Waals surface area contributed by atoms with Gasteiger partial charge in [0.15, 0.2) is 5.96 Å². The number of morpholine rings is 1. The van der Waals surface area contributed by atoms with E-state index in [0.717, 1.165) is 44.4 Å². The topological polar surface area (TPSA) is 78.4 Å². The molecule has 1 heterocycles. The minimum absolute atomic E-state index is 0.0235. The van der Waals surface area contributed by atoms with Gasteiger partial charge < -0.3 is 25.2 Å². The van der Waals surface area contributed by atoms with Gasteiger partial charge in [0.25, 0.3) is 0 Å². The summed E-state index contributed by atoms with van der Waals surface area (Å²) in [5.74, 6) is 1.67. The Morgan fingerprint density at radius 3 is 2.65 bits per heavy atom. The Morgan fingerprint density at radius 1 is 1.31 bits per heavy atom. The van der Waals surface area contributed by atoms with E-state index >= 15 is 0 Å². The summed E-state index contributed by atoms with van der Waals surface area (Å²) in [4.78, 5) is 6.72. The second-order valence-electron chi connectivity index (χ2n) is 7.01. The first-order chi connectivity index (χ1) is 12.5. The van der Waals surface area contributed by atoms with Gasteiger partial charge in [-0.15, -0.1) is 0 Å². The maximum absolute atomic E-state index is 10.0. The van der Waals surface area contributed by atoms with Crippen molar-refractivity contribution in [1.82, 2.24) is 15.5 Å². The Kier molecular flexibility index (Phi) is 7.53. The SMILES string of the molecule is CN=C(NCCc1ccc(OC)cc1O)NCC(C)(C)N1CCOCC1. The van der Waals surface area contributed by atoms with Gasteiger partial charge in [-0.1, -0.05) is 6.07 Å². The number of ether oxygens (including phenoxy) is 2. The van der Waals surface area contributed by atoms with E-state index in [0.29, 0.717) is 18.7 Å². The number of guanidine groups is 1. The predicted molar refractivity (Wildman–Crippen MR) is 104 cm³/mol. The molecule has 3 N–H and O–H groups in total. The van der Waals surface area contributed by atoms with Crippen LogP contribution in [0.2, 0.25) is 0 Å². The molecule has 1 fully saturated rings. The lowest BCUT2D eigenvalue weighted by Gasteiger charge is -2.41. The van der Waals surface area contributed by atoms with Crippen LogP contribution in [-0.2, 0) is 11.2 Å². The van der Waals surface area contributed by atoms with Crippen LogP contribution in [0.3, 0.4) is 0 Å². The largest absolute Gasteiger partial charge is 0.508 e. The number of aliphatic imine (C=N–C) groups is 1. The van der Waals surface area contributed by atoms with Crippen LogP contribution in [0.5, 0.6) is 11.5 Å². The molecule has 1 saturated heterocycles. The van der Waals surface area contributed by atoms with Crippen LogP contribution in [-0.4, -0.2) is 75.1 Å². The van der Waals surface area contributed by atoms with Crippen LogP contribution >= 0.6 is 0 Å². The van der Waals surface area contributed by atoms with Gasteiger partial charge in [0, 0.05) is 44.8 Å². The average Bonchev–Trinajstić information content (AvgIpc) is 2.66. The summed E-state index contributed by atoms with van der Waals surface area (Å²) in [7, 11) is 3.35. The molecule has 0 spiro atoms. The van der Waals surface area contributed by atoms with Crippen molar-refractivity contribution >= 4 is 5.96 Å². The van der Waals surface area contributed by atoms with Gasteiger partial charge in [-0.05, 0) is 31.9 Å². The van der Waals surface area contributed by atoms with Crippen LogP contribution in [0.1, 0.15) is 19.4 Å². The molecule has 7 heteroatoms. The highest BCUT2D eigenvalue weighted by molar-refractivity contribution is 5.79. The quantitative estimate of drug-likeness (QED) is 0.499.